The van der Waals surface area contributed by atoms with Crippen LogP contribution >= 0.6 is 0 Å². The van der Waals surface area contributed by atoms with Crippen LogP contribution in [-0.4, -0.2) is 6.29 Å². The van der Waals surface area contributed by atoms with Crippen LogP contribution < -0.4 is 0 Å². The maximum Gasteiger partial charge on any atom is 0.205 e. The summed E-state index contributed by atoms with van der Waals surface area (Å²) in [7, 11) is 0. The summed E-state index contributed by atoms with van der Waals surface area (Å²) in [5.74, 6) is 0.918. The van der Waals surface area contributed by atoms with E-state index in [0.29, 0.717) is 0 Å². The fourth-order valence-electron chi connectivity index (χ4n) is 3.59. The average molecular weight is 221 g/mol. The van der Waals surface area contributed by atoms with E-state index in [0.717, 1.165) is 25.2 Å². The van der Waals surface area contributed by atoms with Gasteiger partial charge in [-0.2, -0.15) is 0 Å². The van der Waals surface area contributed by atoms with E-state index in [1.54, 1.807) is 0 Å². The lowest BCUT2D eigenvalue weighted by Crippen LogP contribution is -2.26. The lowest BCUT2D eigenvalue weighted by molar-refractivity contribution is 0.219. The van der Waals surface area contributed by atoms with Gasteiger partial charge in [0, 0.05) is 5.41 Å². The van der Waals surface area contributed by atoms with Crippen molar-refractivity contribution in [2.45, 2.75) is 77.0 Å². The predicted octanol–water partition coefficient (Wildman–Crippen LogP) is 4.41. The van der Waals surface area contributed by atoms with Gasteiger partial charge in [0.2, 0.25) is 6.29 Å². The highest BCUT2D eigenvalue weighted by atomic mass is 16.1. The molecule has 2 fully saturated rings. The summed E-state index contributed by atoms with van der Waals surface area (Å²) in [5.41, 5.74) is -0.0320. The first kappa shape index (κ1) is 12.1. The Morgan fingerprint density at radius 1 is 0.938 bits per heavy atom. The summed E-state index contributed by atoms with van der Waals surface area (Å²) in [6, 6.07) is 0. The zero-order valence-corrected chi connectivity index (χ0v) is 10.5. The van der Waals surface area contributed by atoms with Crippen LogP contribution in [0.4, 0.5) is 0 Å². The molecule has 0 amide bonds. The Bertz CT molecular complexity index is 209. The van der Waals surface area contributed by atoms with Gasteiger partial charge >= 0.3 is 0 Å². The Hall–Kier alpha value is -0.330. The van der Waals surface area contributed by atoms with Gasteiger partial charge in [0.1, 0.15) is 0 Å². The molecule has 0 atom stereocenters. The van der Waals surface area contributed by atoms with E-state index in [1.165, 1.54) is 57.8 Å². The monoisotopic (exact) mass is 221 g/mol. The van der Waals surface area contributed by atoms with E-state index in [1.807, 2.05) is 0 Å². The van der Waals surface area contributed by atoms with Crippen LogP contribution in [0.5, 0.6) is 0 Å². The summed E-state index contributed by atoms with van der Waals surface area (Å²) in [6.45, 7) is 0. The topological polar surface area (TPSA) is 17.1 Å². The van der Waals surface area contributed by atoms with E-state index in [9.17, 15) is 4.79 Å². The van der Waals surface area contributed by atoms with Crippen molar-refractivity contribution in [3.8, 4) is 0 Å². The molecule has 2 aliphatic carbocycles. The Labute approximate surface area is 100.0 Å². The van der Waals surface area contributed by atoms with Crippen molar-refractivity contribution in [3.05, 3.63) is 0 Å². The van der Waals surface area contributed by atoms with Gasteiger partial charge in [0.15, 0.2) is 0 Å². The molecule has 0 bridgehead atoms. The largest absolute Gasteiger partial charge is 0.290 e. The Kier molecular flexibility index (Phi) is 4.43. The van der Waals surface area contributed by atoms with Crippen molar-refractivity contribution in [2.24, 2.45) is 11.3 Å². The second-order valence-electron chi connectivity index (χ2n) is 5.99. The first-order valence-electron chi connectivity index (χ1n) is 7.24. The lowest BCUT2D eigenvalue weighted by Gasteiger charge is -2.33. The predicted molar refractivity (Wildman–Crippen MR) is 67.0 cm³/mol. The van der Waals surface area contributed by atoms with Crippen LogP contribution in [-0.2, 0) is 4.79 Å². The Morgan fingerprint density at radius 2 is 1.56 bits per heavy atom. The van der Waals surface area contributed by atoms with Crippen molar-refractivity contribution >= 4 is 6.29 Å². The van der Waals surface area contributed by atoms with Crippen LogP contribution in [0.3, 0.4) is 0 Å². The smallest absolute Gasteiger partial charge is 0.205 e. The van der Waals surface area contributed by atoms with Gasteiger partial charge in [0.05, 0.1) is 0 Å². The molecule has 91 valence electrons. The van der Waals surface area contributed by atoms with Crippen LogP contribution in [0.2, 0.25) is 0 Å². The lowest BCUT2D eigenvalue weighted by atomic mass is 9.70. The summed E-state index contributed by atoms with van der Waals surface area (Å²) in [6.07, 6.45) is 18.0. The molecule has 0 aromatic rings. The Balaban J connectivity index is 1.79. The number of hydrogen-bond donors (Lipinski definition) is 0. The van der Waals surface area contributed by atoms with Gasteiger partial charge in [-0.1, -0.05) is 51.4 Å². The van der Waals surface area contributed by atoms with Crippen LogP contribution in [0.25, 0.3) is 0 Å². The van der Waals surface area contributed by atoms with E-state index in [-0.39, 0.29) is 5.41 Å². The normalized spacial score (nSPS) is 26.5. The van der Waals surface area contributed by atoms with Crippen molar-refractivity contribution in [1.82, 2.24) is 0 Å². The standard InChI is InChI=1S/C15H25O/c16-13-15(10-5-2-6-11-15)12-9-14-7-3-1-4-8-14/h14H,1-12H2. The number of carbonyl (C=O) groups excluding carboxylic acids is 1. The molecule has 0 N–H and O–H groups in total. The fourth-order valence-corrected chi connectivity index (χ4v) is 3.59. The van der Waals surface area contributed by atoms with E-state index < -0.39 is 0 Å². The first-order valence-corrected chi connectivity index (χ1v) is 7.24. The molecule has 1 nitrogen and oxygen atoms in total. The second-order valence-corrected chi connectivity index (χ2v) is 5.99. The molecule has 1 radical (unpaired) electrons. The molecule has 2 saturated carbocycles. The van der Waals surface area contributed by atoms with Gasteiger partial charge in [-0.15, -0.1) is 0 Å². The van der Waals surface area contributed by atoms with Crippen molar-refractivity contribution in [1.29, 1.82) is 0 Å². The van der Waals surface area contributed by atoms with E-state index in [4.69, 9.17) is 0 Å². The minimum Gasteiger partial charge on any atom is -0.290 e. The maximum absolute atomic E-state index is 11.2. The minimum absolute atomic E-state index is 0.0320. The number of hydrogen-bond acceptors (Lipinski definition) is 1. The molecule has 0 spiro atoms. The summed E-state index contributed by atoms with van der Waals surface area (Å²) < 4.78 is 0. The minimum atomic E-state index is -0.0320. The SMILES string of the molecule is O=[C]C1(CCC2CCCCC2)CCCCC1. The molecular formula is C15H25O. The van der Waals surface area contributed by atoms with Crippen molar-refractivity contribution < 1.29 is 4.79 Å². The molecule has 0 heterocycles. The van der Waals surface area contributed by atoms with Gasteiger partial charge < -0.3 is 0 Å². The molecule has 0 aromatic heterocycles. The molecule has 0 aromatic carbocycles. The van der Waals surface area contributed by atoms with Crippen LogP contribution in [0.15, 0.2) is 0 Å². The van der Waals surface area contributed by atoms with E-state index in [2.05, 4.69) is 6.29 Å². The third kappa shape index (κ3) is 3.09. The molecule has 1 heteroatoms. The summed E-state index contributed by atoms with van der Waals surface area (Å²) in [5, 5.41) is 0. The van der Waals surface area contributed by atoms with Gasteiger partial charge in [-0.05, 0) is 31.6 Å². The van der Waals surface area contributed by atoms with Crippen molar-refractivity contribution in [3.63, 3.8) is 0 Å². The van der Waals surface area contributed by atoms with Gasteiger partial charge in [0.25, 0.3) is 0 Å². The molecule has 2 aliphatic rings. The molecule has 0 saturated heterocycles. The average Bonchev–Trinajstić information content (AvgIpc) is 2.39. The molecule has 16 heavy (non-hydrogen) atoms. The third-order valence-corrected chi connectivity index (χ3v) is 4.78. The van der Waals surface area contributed by atoms with Crippen LogP contribution in [0, 0.1) is 11.3 Å². The molecule has 0 aliphatic heterocycles. The zero-order chi connectivity index (χ0) is 11.3. The summed E-state index contributed by atoms with van der Waals surface area (Å²) >= 11 is 0. The van der Waals surface area contributed by atoms with Crippen LogP contribution in [0.1, 0.15) is 77.0 Å². The van der Waals surface area contributed by atoms with Crippen molar-refractivity contribution in [2.75, 3.05) is 0 Å². The molecule has 0 unspecified atom stereocenters. The third-order valence-electron chi connectivity index (χ3n) is 4.78. The van der Waals surface area contributed by atoms with Gasteiger partial charge in [-0.3, -0.25) is 4.79 Å². The fraction of sp³-hybridized carbons (Fsp3) is 0.933. The molecule has 2 rings (SSSR count). The van der Waals surface area contributed by atoms with Gasteiger partial charge in [-0.25, -0.2) is 0 Å². The quantitative estimate of drug-likeness (QED) is 0.687. The zero-order valence-electron chi connectivity index (χ0n) is 10.5. The first-order chi connectivity index (χ1) is 7.85. The summed E-state index contributed by atoms with van der Waals surface area (Å²) in [4.78, 5) is 11.2. The maximum atomic E-state index is 11.2. The number of rotatable bonds is 4. The highest BCUT2D eigenvalue weighted by Gasteiger charge is 2.33. The molecular weight excluding hydrogens is 196 g/mol. The Morgan fingerprint density at radius 3 is 2.19 bits per heavy atom. The van der Waals surface area contributed by atoms with E-state index >= 15 is 0 Å². The second kappa shape index (κ2) is 5.84. The highest BCUT2D eigenvalue weighted by molar-refractivity contribution is 5.60. The highest BCUT2D eigenvalue weighted by Crippen LogP contribution is 2.40.